The largest absolute Gasteiger partial charge is 0.309 e. The van der Waals surface area contributed by atoms with Gasteiger partial charge in [-0.25, -0.2) is 0 Å². The average molecular weight is 591 g/mol. The fourth-order valence-electron chi connectivity index (χ4n) is 7.27. The van der Waals surface area contributed by atoms with Crippen molar-refractivity contribution in [3.8, 4) is 22.5 Å². The highest BCUT2D eigenvalue weighted by Gasteiger charge is 2.16. The Morgan fingerprint density at radius 1 is 0.311 bits per heavy atom. The minimum absolute atomic E-state index is 1.17. The Bertz CT molecular complexity index is 2740. The van der Waals surface area contributed by atoms with Gasteiger partial charge in [-0.05, 0) is 71.8 Å². The van der Waals surface area contributed by atoms with Crippen molar-refractivity contribution < 1.29 is 0 Å². The van der Waals surface area contributed by atoms with Crippen LogP contribution in [-0.4, -0.2) is 9.13 Å². The van der Waals surface area contributed by atoms with Crippen LogP contribution in [0, 0.1) is 0 Å². The molecule has 0 amide bonds. The normalized spacial score (nSPS) is 12.0. The van der Waals surface area contributed by atoms with Crippen LogP contribution in [0.1, 0.15) is 0 Å². The van der Waals surface area contributed by atoms with Gasteiger partial charge in [-0.3, -0.25) is 0 Å². The van der Waals surface area contributed by atoms with Gasteiger partial charge in [-0.15, -0.1) is 11.3 Å². The number of thiophene rings is 1. The van der Waals surface area contributed by atoms with Gasteiger partial charge < -0.3 is 9.13 Å². The molecule has 0 aliphatic rings. The second-order valence-corrected chi connectivity index (χ2v) is 12.9. The van der Waals surface area contributed by atoms with E-state index in [2.05, 4.69) is 167 Å². The Balaban J connectivity index is 1.15. The van der Waals surface area contributed by atoms with Crippen molar-refractivity contribution in [2.24, 2.45) is 0 Å². The summed E-state index contributed by atoms with van der Waals surface area (Å²) in [5, 5.41) is 7.79. The molecule has 0 aliphatic carbocycles. The molecule has 0 aliphatic heterocycles. The van der Waals surface area contributed by atoms with Crippen molar-refractivity contribution in [3.63, 3.8) is 0 Å². The van der Waals surface area contributed by atoms with Gasteiger partial charge in [-0.1, -0.05) is 97.1 Å². The first-order chi connectivity index (χ1) is 22.3. The lowest BCUT2D eigenvalue weighted by Crippen LogP contribution is -1.94. The molecule has 10 rings (SSSR count). The van der Waals surface area contributed by atoms with E-state index in [1.165, 1.54) is 86.3 Å². The zero-order chi connectivity index (χ0) is 29.5. The Morgan fingerprint density at radius 3 is 1.62 bits per heavy atom. The van der Waals surface area contributed by atoms with Gasteiger partial charge in [0.05, 0.1) is 22.1 Å². The Hall–Kier alpha value is -5.64. The summed E-state index contributed by atoms with van der Waals surface area (Å²) < 4.78 is 7.49. The van der Waals surface area contributed by atoms with Crippen LogP contribution >= 0.6 is 11.3 Å². The van der Waals surface area contributed by atoms with Crippen molar-refractivity contribution in [1.82, 2.24) is 9.13 Å². The molecule has 210 valence electrons. The molecule has 2 nitrogen and oxygen atoms in total. The molecule has 3 aromatic heterocycles. The van der Waals surface area contributed by atoms with Crippen LogP contribution in [0.3, 0.4) is 0 Å². The lowest BCUT2D eigenvalue weighted by molar-refractivity contribution is 1.18. The fraction of sp³-hybridized carbons (Fsp3) is 0. The van der Waals surface area contributed by atoms with E-state index < -0.39 is 0 Å². The minimum atomic E-state index is 1.17. The van der Waals surface area contributed by atoms with E-state index in [1.807, 2.05) is 11.3 Å². The summed E-state index contributed by atoms with van der Waals surface area (Å²) in [4.78, 5) is 0. The van der Waals surface area contributed by atoms with Crippen molar-refractivity contribution in [2.75, 3.05) is 0 Å². The van der Waals surface area contributed by atoms with Gasteiger partial charge >= 0.3 is 0 Å². The molecule has 10 aromatic rings. The number of hydrogen-bond donors (Lipinski definition) is 0. The van der Waals surface area contributed by atoms with Crippen molar-refractivity contribution in [1.29, 1.82) is 0 Å². The molecule has 0 spiro atoms. The third-order valence-corrected chi connectivity index (χ3v) is 10.5. The van der Waals surface area contributed by atoms with E-state index >= 15 is 0 Å². The number of nitrogens with zero attached hydrogens (tertiary/aromatic N) is 2. The molecule has 45 heavy (non-hydrogen) atoms. The zero-order valence-electron chi connectivity index (χ0n) is 24.3. The quantitative estimate of drug-likeness (QED) is 0.194. The summed E-state index contributed by atoms with van der Waals surface area (Å²) in [7, 11) is 0. The number of aromatic nitrogens is 2. The van der Waals surface area contributed by atoms with E-state index in [4.69, 9.17) is 0 Å². The minimum Gasteiger partial charge on any atom is -0.309 e. The zero-order valence-corrected chi connectivity index (χ0v) is 25.1. The maximum atomic E-state index is 2.43. The molecule has 0 saturated carbocycles. The van der Waals surface area contributed by atoms with Gasteiger partial charge in [0.15, 0.2) is 0 Å². The van der Waals surface area contributed by atoms with Crippen molar-refractivity contribution in [2.45, 2.75) is 0 Å². The van der Waals surface area contributed by atoms with Crippen LogP contribution in [0.5, 0.6) is 0 Å². The average Bonchev–Trinajstić information content (AvgIpc) is 3.74. The lowest BCUT2D eigenvalue weighted by Gasteiger charge is -2.11. The molecule has 3 heteroatoms. The summed E-state index contributed by atoms with van der Waals surface area (Å²) in [5.41, 5.74) is 9.69. The Kier molecular flexibility index (Phi) is 5.19. The third-order valence-electron chi connectivity index (χ3n) is 9.32. The summed E-state index contributed by atoms with van der Waals surface area (Å²) in [6, 6.07) is 57.7. The number of hydrogen-bond acceptors (Lipinski definition) is 1. The van der Waals surface area contributed by atoms with E-state index in [-0.39, 0.29) is 0 Å². The predicted molar refractivity (Wildman–Crippen MR) is 193 cm³/mol. The summed E-state index contributed by atoms with van der Waals surface area (Å²) in [6.07, 6.45) is 0. The second-order valence-electron chi connectivity index (χ2n) is 11.8. The van der Waals surface area contributed by atoms with Gasteiger partial charge in [0.2, 0.25) is 0 Å². The Morgan fingerprint density at radius 2 is 0.867 bits per heavy atom. The van der Waals surface area contributed by atoms with Gasteiger partial charge in [-0.2, -0.15) is 0 Å². The van der Waals surface area contributed by atoms with Gasteiger partial charge in [0.1, 0.15) is 0 Å². The van der Waals surface area contributed by atoms with Crippen LogP contribution < -0.4 is 0 Å². The van der Waals surface area contributed by atoms with Crippen LogP contribution in [-0.2, 0) is 0 Å². The van der Waals surface area contributed by atoms with E-state index in [0.717, 1.165) is 0 Å². The first-order valence-electron chi connectivity index (χ1n) is 15.4. The fourth-order valence-corrected chi connectivity index (χ4v) is 8.40. The van der Waals surface area contributed by atoms with Crippen LogP contribution in [0.2, 0.25) is 0 Å². The molecule has 0 saturated heterocycles. The van der Waals surface area contributed by atoms with E-state index in [9.17, 15) is 0 Å². The lowest BCUT2D eigenvalue weighted by atomic mass is 10.0. The van der Waals surface area contributed by atoms with Crippen molar-refractivity contribution in [3.05, 3.63) is 158 Å². The summed E-state index contributed by atoms with van der Waals surface area (Å²) in [5.74, 6) is 0. The molecule has 0 radical (unpaired) electrons. The second kappa shape index (κ2) is 9.43. The standard InChI is InChI=1S/C42H26N2S/c1-2-10-29(11-3-1)43-37-15-7-4-12-31(37)33-23-20-28(24-39(33)43)27-18-21-30(22-19-27)44-38-16-8-5-13-32(38)35-26-42-36(25-40(35)44)34-14-6-9-17-41(34)45-42/h1-26H. The number of rotatable bonds is 3. The van der Waals surface area contributed by atoms with Gasteiger partial charge in [0, 0.05) is 53.1 Å². The SMILES string of the molecule is c1ccc(-n2c3ccccc3c3ccc(-c4ccc(-n5c6ccccc6c6cc7sc8ccccc8c7cc65)cc4)cc32)cc1. The highest BCUT2D eigenvalue weighted by Crippen LogP contribution is 2.41. The molecule has 0 fully saturated rings. The molecule has 0 N–H and O–H groups in total. The van der Waals surface area contributed by atoms with E-state index in [0.29, 0.717) is 0 Å². The molecule has 0 bridgehead atoms. The smallest absolute Gasteiger partial charge is 0.0548 e. The predicted octanol–water partition coefficient (Wildman–Crippen LogP) is 11.9. The molecular formula is C42H26N2S. The number of benzene rings is 7. The number of fused-ring (bicyclic) bond motifs is 9. The maximum Gasteiger partial charge on any atom is 0.0548 e. The van der Waals surface area contributed by atoms with E-state index in [1.54, 1.807) is 0 Å². The molecule has 7 aromatic carbocycles. The maximum absolute atomic E-state index is 2.43. The molecule has 3 heterocycles. The Labute approximate surface area is 263 Å². The highest BCUT2D eigenvalue weighted by atomic mass is 32.1. The monoisotopic (exact) mass is 590 g/mol. The first kappa shape index (κ1) is 24.8. The molecule has 0 unspecified atom stereocenters. The van der Waals surface area contributed by atoms with Gasteiger partial charge in [0.25, 0.3) is 0 Å². The number of para-hydroxylation sites is 3. The first-order valence-corrected chi connectivity index (χ1v) is 16.2. The molecule has 0 atom stereocenters. The van der Waals surface area contributed by atoms with Crippen LogP contribution in [0.4, 0.5) is 0 Å². The molecular weight excluding hydrogens is 565 g/mol. The summed E-state index contributed by atoms with van der Waals surface area (Å²) in [6.45, 7) is 0. The topological polar surface area (TPSA) is 9.86 Å². The van der Waals surface area contributed by atoms with Crippen molar-refractivity contribution >= 4 is 75.1 Å². The third kappa shape index (κ3) is 3.62. The van der Waals surface area contributed by atoms with Crippen LogP contribution in [0.15, 0.2) is 158 Å². The summed E-state index contributed by atoms with van der Waals surface area (Å²) >= 11 is 1.88. The highest BCUT2D eigenvalue weighted by molar-refractivity contribution is 7.25. The van der Waals surface area contributed by atoms with Crippen LogP contribution in [0.25, 0.3) is 86.3 Å².